The number of piperidine rings is 1. The Morgan fingerprint density at radius 1 is 1.42 bits per heavy atom. The van der Waals surface area contributed by atoms with Crippen molar-refractivity contribution in [1.82, 2.24) is 4.90 Å². The number of likely N-dealkylation sites (tertiary alicyclic amines) is 1. The first-order valence-electron chi connectivity index (χ1n) is 6.49. The van der Waals surface area contributed by atoms with Crippen LogP contribution >= 0.6 is 0 Å². The van der Waals surface area contributed by atoms with Gasteiger partial charge in [0.1, 0.15) is 0 Å². The van der Waals surface area contributed by atoms with Crippen LogP contribution in [0.5, 0.6) is 0 Å². The lowest BCUT2D eigenvalue weighted by Crippen LogP contribution is -2.47. The Bertz CT molecular complexity index is 479. The number of carbonyl (C=O) groups excluding carboxylic acids is 1. The van der Waals surface area contributed by atoms with Crippen molar-refractivity contribution in [2.75, 3.05) is 13.1 Å². The van der Waals surface area contributed by atoms with Crippen molar-refractivity contribution < 1.29 is 13.6 Å². The smallest absolute Gasteiger partial charge is 0.257 e. The Morgan fingerprint density at radius 3 is 2.84 bits per heavy atom. The number of hydrogen-bond acceptors (Lipinski definition) is 2. The molecule has 19 heavy (non-hydrogen) atoms. The SMILES string of the molecule is CC1CCC(CN)CN1C(=O)c1cccc(F)c1F. The summed E-state index contributed by atoms with van der Waals surface area (Å²) >= 11 is 0. The van der Waals surface area contributed by atoms with Crippen LogP contribution in [0.2, 0.25) is 0 Å². The van der Waals surface area contributed by atoms with Gasteiger partial charge in [-0.05, 0) is 44.4 Å². The third-order valence-electron chi connectivity index (χ3n) is 3.76. The van der Waals surface area contributed by atoms with Crippen molar-refractivity contribution in [1.29, 1.82) is 0 Å². The van der Waals surface area contributed by atoms with E-state index in [1.807, 2.05) is 6.92 Å². The number of carbonyl (C=O) groups is 1. The molecule has 0 bridgehead atoms. The first kappa shape index (κ1) is 13.9. The summed E-state index contributed by atoms with van der Waals surface area (Å²) in [7, 11) is 0. The van der Waals surface area contributed by atoms with E-state index in [4.69, 9.17) is 5.73 Å². The predicted octanol–water partition coefficient (Wildman–Crippen LogP) is 2.16. The van der Waals surface area contributed by atoms with E-state index >= 15 is 0 Å². The summed E-state index contributed by atoms with van der Waals surface area (Å²) in [5, 5.41) is 0. The average Bonchev–Trinajstić information content (AvgIpc) is 2.42. The van der Waals surface area contributed by atoms with Gasteiger partial charge in [-0.1, -0.05) is 6.07 Å². The molecule has 2 unspecified atom stereocenters. The van der Waals surface area contributed by atoms with Crippen LogP contribution in [0.3, 0.4) is 0 Å². The molecule has 0 aliphatic carbocycles. The molecule has 1 aromatic rings. The lowest BCUT2D eigenvalue weighted by molar-refractivity contribution is 0.0561. The predicted molar refractivity (Wildman–Crippen MR) is 68.6 cm³/mol. The van der Waals surface area contributed by atoms with Gasteiger partial charge in [-0.25, -0.2) is 8.78 Å². The fourth-order valence-corrected chi connectivity index (χ4v) is 2.48. The lowest BCUT2D eigenvalue weighted by Gasteiger charge is -2.37. The van der Waals surface area contributed by atoms with Gasteiger partial charge in [-0.15, -0.1) is 0 Å². The Hall–Kier alpha value is -1.49. The van der Waals surface area contributed by atoms with Crippen LogP contribution in [0.25, 0.3) is 0 Å². The van der Waals surface area contributed by atoms with Crippen molar-refractivity contribution in [3.8, 4) is 0 Å². The second kappa shape index (κ2) is 5.65. The Kier molecular flexibility index (Phi) is 4.14. The number of rotatable bonds is 2. The van der Waals surface area contributed by atoms with Crippen molar-refractivity contribution in [2.45, 2.75) is 25.8 Å². The molecule has 1 heterocycles. The highest BCUT2D eigenvalue weighted by molar-refractivity contribution is 5.94. The fourth-order valence-electron chi connectivity index (χ4n) is 2.48. The van der Waals surface area contributed by atoms with E-state index in [9.17, 15) is 13.6 Å². The monoisotopic (exact) mass is 268 g/mol. The van der Waals surface area contributed by atoms with Crippen molar-refractivity contribution in [3.63, 3.8) is 0 Å². The maximum atomic E-state index is 13.7. The Balaban J connectivity index is 2.24. The molecule has 0 aromatic heterocycles. The molecule has 0 saturated carbocycles. The van der Waals surface area contributed by atoms with Crippen LogP contribution in [-0.4, -0.2) is 29.9 Å². The molecule has 2 N–H and O–H groups in total. The zero-order chi connectivity index (χ0) is 14.0. The Morgan fingerprint density at radius 2 is 2.16 bits per heavy atom. The summed E-state index contributed by atoms with van der Waals surface area (Å²) in [6.45, 7) is 2.93. The lowest BCUT2D eigenvalue weighted by atomic mass is 9.93. The molecular weight excluding hydrogens is 250 g/mol. The van der Waals surface area contributed by atoms with E-state index in [2.05, 4.69) is 0 Å². The van der Waals surface area contributed by atoms with Gasteiger partial charge in [0.2, 0.25) is 0 Å². The van der Waals surface area contributed by atoms with Crippen LogP contribution in [0.15, 0.2) is 18.2 Å². The number of benzene rings is 1. The van der Waals surface area contributed by atoms with Gasteiger partial charge in [-0.2, -0.15) is 0 Å². The summed E-state index contributed by atoms with van der Waals surface area (Å²) in [5.74, 6) is -2.29. The zero-order valence-corrected chi connectivity index (χ0v) is 10.9. The summed E-state index contributed by atoms with van der Waals surface area (Å²) in [4.78, 5) is 13.9. The molecule has 2 rings (SSSR count). The fraction of sp³-hybridized carbons (Fsp3) is 0.500. The molecule has 2 atom stereocenters. The highest BCUT2D eigenvalue weighted by atomic mass is 19.2. The van der Waals surface area contributed by atoms with Gasteiger partial charge >= 0.3 is 0 Å². The van der Waals surface area contributed by atoms with Crippen LogP contribution in [-0.2, 0) is 0 Å². The maximum absolute atomic E-state index is 13.7. The Labute approximate surface area is 111 Å². The maximum Gasteiger partial charge on any atom is 0.257 e. The summed E-state index contributed by atoms with van der Waals surface area (Å²) in [5.41, 5.74) is 5.43. The minimum atomic E-state index is -1.07. The van der Waals surface area contributed by atoms with Gasteiger partial charge in [-0.3, -0.25) is 4.79 Å². The highest BCUT2D eigenvalue weighted by Crippen LogP contribution is 2.24. The van der Waals surface area contributed by atoms with Crippen molar-refractivity contribution in [3.05, 3.63) is 35.4 Å². The van der Waals surface area contributed by atoms with Crippen LogP contribution < -0.4 is 5.73 Å². The second-order valence-electron chi connectivity index (χ2n) is 5.09. The molecule has 0 spiro atoms. The third-order valence-corrected chi connectivity index (χ3v) is 3.76. The van der Waals surface area contributed by atoms with Gasteiger partial charge in [0, 0.05) is 12.6 Å². The van der Waals surface area contributed by atoms with E-state index < -0.39 is 17.5 Å². The second-order valence-corrected chi connectivity index (χ2v) is 5.09. The van der Waals surface area contributed by atoms with E-state index in [0.717, 1.165) is 18.9 Å². The molecule has 1 saturated heterocycles. The minimum absolute atomic E-state index is 0.0259. The van der Waals surface area contributed by atoms with Crippen LogP contribution in [0.4, 0.5) is 8.78 Å². The molecule has 1 aromatic carbocycles. The van der Waals surface area contributed by atoms with Crippen molar-refractivity contribution in [2.24, 2.45) is 11.7 Å². The number of nitrogens with two attached hydrogens (primary N) is 1. The normalized spacial score (nSPS) is 23.5. The first-order chi connectivity index (χ1) is 9.04. The molecule has 5 heteroatoms. The largest absolute Gasteiger partial charge is 0.336 e. The number of amides is 1. The summed E-state index contributed by atoms with van der Waals surface area (Å²) in [6, 6.07) is 3.70. The molecule has 1 aliphatic heterocycles. The topological polar surface area (TPSA) is 46.3 Å². The van der Waals surface area contributed by atoms with Crippen molar-refractivity contribution >= 4 is 5.91 Å². The quantitative estimate of drug-likeness (QED) is 0.893. The van der Waals surface area contributed by atoms with E-state index in [0.29, 0.717) is 13.1 Å². The van der Waals surface area contributed by atoms with E-state index in [-0.39, 0.29) is 17.5 Å². The molecule has 0 radical (unpaired) electrons. The number of halogens is 2. The highest BCUT2D eigenvalue weighted by Gasteiger charge is 2.30. The number of nitrogens with zero attached hydrogens (tertiary/aromatic N) is 1. The van der Waals surface area contributed by atoms with E-state index in [1.165, 1.54) is 12.1 Å². The minimum Gasteiger partial charge on any atom is -0.336 e. The first-order valence-corrected chi connectivity index (χ1v) is 6.49. The summed E-state index contributed by atoms with van der Waals surface area (Å²) in [6.07, 6.45) is 1.80. The van der Waals surface area contributed by atoms with Crippen LogP contribution in [0.1, 0.15) is 30.1 Å². The molecule has 104 valence electrons. The number of hydrogen-bond donors (Lipinski definition) is 1. The molecule has 3 nitrogen and oxygen atoms in total. The van der Waals surface area contributed by atoms with Gasteiger partial charge < -0.3 is 10.6 Å². The molecular formula is C14H18F2N2O. The van der Waals surface area contributed by atoms with E-state index in [1.54, 1.807) is 4.90 Å². The summed E-state index contributed by atoms with van der Waals surface area (Å²) < 4.78 is 26.8. The van der Waals surface area contributed by atoms with Gasteiger partial charge in [0.25, 0.3) is 5.91 Å². The van der Waals surface area contributed by atoms with Gasteiger partial charge in [0.15, 0.2) is 11.6 Å². The van der Waals surface area contributed by atoms with Gasteiger partial charge in [0.05, 0.1) is 5.56 Å². The molecule has 1 amide bonds. The van der Waals surface area contributed by atoms with Crippen LogP contribution in [0, 0.1) is 17.6 Å². The standard InChI is InChI=1S/C14H18F2N2O/c1-9-5-6-10(7-17)8-18(9)14(19)11-3-2-4-12(15)13(11)16/h2-4,9-10H,5-8,17H2,1H3. The molecule has 1 fully saturated rings. The average molecular weight is 268 g/mol. The zero-order valence-electron chi connectivity index (χ0n) is 10.9. The molecule has 1 aliphatic rings. The third kappa shape index (κ3) is 2.76.